The summed E-state index contributed by atoms with van der Waals surface area (Å²) in [5, 5.41) is 7.57. The molecule has 2 aliphatic rings. The summed E-state index contributed by atoms with van der Waals surface area (Å²) >= 11 is 0. The van der Waals surface area contributed by atoms with Crippen molar-refractivity contribution in [3.63, 3.8) is 0 Å². The molecular formula is C22H27FN6. The molecule has 152 valence electrons. The monoisotopic (exact) mass is 394 g/mol. The average molecular weight is 394 g/mol. The summed E-state index contributed by atoms with van der Waals surface area (Å²) < 4.78 is 17.0. The fourth-order valence-electron chi connectivity index (χ4n) is 4.58. The number of nitrogens with zero attached hydrogens (tertiary/aromatic N) is 4. The van der Waals surface area contributed by atoms with Gasteiger partial charge in [0.05, 0.1) is 5.69 Å². The van der Waals surface area contributed by atoms with Crippen LogP contribution in [-0.2, 0) is 0 Å². The minimum absolute atomic E-state index is 0.219. The van der Waals surface area contributed by atoms with Gasteiger partial charge in [-0.3, -0.25) is 0 Å². The van der Waals surface area contributed by atoms with Crippen LogP contribution in [0.2, 0.25) is 0 Å². The van der Waals surface area contributed by atoms with Crippen molar-refractivity contribution < 1.29 is 4.39 Å². The van der Waals surface area contributed by atoms with Crippen molar-refractivity contribution in [2.24, 2.45) is 0 Å². The first-order valence-electron chi connectivity index (χ1n) is 10.6. The third-order valence-corrected chi connectivity index (χ3v) is 6.15. The van der Waals surface area contributed by atoms with Gasteiger partial charge < -0.3 is 20.1 Å². The number of hydrogen-bond acceptors (Lipinski definition) is 5. The van der Waals surface area contributed by atoms with E-state index in [1.807, 2.05) is 18.3 Å². The molecule has 0 amide bonds. The predicted molar refractivity (Wildman–Crippen MR) is 115 cm³/mol. The maximum absolute atomic E-state index is 14.7. The molecule has 3 heterocycles. The third-order valence-electron chi connectivity index (χ3n) is 6.15. The van der Waals surface area contributed by atoms with Crippen LogP contribution in [0, 0.1) is 12.7 Å². The molecule has 0 unspecified atom stereocenters. The lowest BCUT2D eigenvalue weighted by Crippen LogP contribution is -2.43. The molecule has 2 fully saturated rings. The average Bonchev–Trinajstić information content (AvgIpc) is 3.37. The lowest BCUT2D eigenvalue weighted by Gasteiger charge is -2.29. The third kappa shape index (κ3) is 3.55. The Kier molecular flexibility index (Phi) is 4.83. The number of benzene rings is 1. The van der Waals surface area contributed by atoms with Gasteiger partial charge in [0.25, 0.3) is 0 Å². The Morgan fingerprint density at radius 1 is 1.17 bits per heavy atom. The Bertz CT molecular complexity index is 1020. The first-order valence-corrected chi connectivity index (χ1v) is 10.6. The molecule has 7 heteroatoms. The van der Waals surface area contributed by atoms with Gasteiger partial charge in [-0.25, -0.2) is 9.37 Å². The molecule has 0 spiro atoms. The van der Waals surface area contributed by atoms with Crippen LogP contribution in [0.5, 0.6) is 0 Å². The standard InChI is InChI=1S/C22H27FN6/c1-15-14-29(17-4-2-3-5-17)21-18(15)13-25-22(27-21)26-16-6-7-20(19(23)12-16)28-10-8-24-9-11-28/h6-7,12-14,17,24H,2-5,8-11H2,1H3,(H,25,26,27). The number of rotatable bonds is 4. The van der Waals surface area contributed by atoms with Crippen molar-refractivity contribution in [3.05, 3.63) is 42.0 Å². The van der Waals surface area contributed by atoms with E-state index in [-0.39, 0.29) is 5.82 Å². The summed E-state index contributed by atoms with van der Waals surface area (Å²) in [6, 6.07) is 5.79. The van der Waals surface area contributed by atoms with E-state index in [2.05, 4.69) is 38.2 Å². The highest BCUT2D eigenvalue weighted by atomic mass is 19.1. The first kappa shape index (κ1) is 18.4. The van der Waals surface area contributed by atoms with Gasteiger partial charge in [0.15, 0.2) is 0 Å². The summed E-state index contributed by atoms with van der Waals surface area (Å²) in [6.45, 7) is 5.51. The van der Waals surface area contributed by atoms with Crippen LogP contribution in [0.25, 0.3) is 11.0 Å². The number of hydrogen-bond donors (Lipinski definition) is 2. The van der Waals surface area contributed by atoms with Gasteiger partial charge in [-0.05, 0) is 43.5 Å². The molecule has 1 aliphatic heterocycles. The van der Waals surface area contributed by atoms with Gasteiger partial charge in [0.2, 0.25) is 5.95 Å². The molecule has 0 bridgehead atoms. The maximum Gasteiger partial charge on any atom is 0.229 e. The zero-order chi connectivity index (χ0) is 19.8. The van der Waals surface area contributed by atoms with Crippen LogP contribution >= 0.6 is 0 Å². The van der Waals surface area contributed by atoms with Gasteiger partial charge in [-0.15, -0.1) is 0 Å². The minimum atomic E-state index is -0.219. The van der Waals surface area contributed by atoms with Crippen LogP contribution < -0.4 is 15.5 Å². The molecule has 1 saturated heterocycles. The quantitative estimate of drug-likeness (QED) is 0.696. The fraction of sp³-hybridized carbons (Fsp3) is 0.455. The summed E-state index contributed by atoms with van der Waals surface area (Å²) in [5.41, 5.74) is 3.48. The largest absolute Gasteiger partial charge is 0.367 e. The van der Waals surface area contributed by atoms with Crippen molar-refractivity contribution >= 4 is 28.4 Å². The molecule has 0 atom stereocenters. The Balaban J connectivity index is 1.41. The molecule has 29 heavy (non-hydrogen) atoms. The number of aryl methyl sites for hydroxylation is 1. The molecule has 1 aromatic carbocycles. The fourth-order valence-corrected chi connectivity index (χ4v) is 4.58. The van der Waals surface area contributed by atoms with Crippen LogP contribution in [0.4, 0.5) is 21.7 Å². The highest BCUT2D eigenvalue weighted by molar-refractivity contribution is 5.81. The second-order valence-electron chi connectivity index (χ2n) is 8.12. The topological polar surface area (TPSA) is 58.0 Å². The summed E-state index contributed by atoms with van der Waals surface area (Å²) in [5.74, 6) is 0.285. The zero-order valence-electron chi connectivity index (χ0n) is 16.8. The molecule has 3 aromatic rings. The second-order valence-corrected chi connectivity index (χ2v) is 8.12. The van der Waals surface area contributed by atoms with Crippen molar-refractivity contribution in [1.82, 2.24) is 19.9 Å². The Hall–Kier alpha value is -2.67. The van der Waals surface area contributed by atoms with Gasteiger partial charge in [-0.1, -0.05) is 12.8 Å². The van der Waals surface area contributed by atoms with E-state index in [1.165, 1.54) is 37.3 Å². The number of anilines is 3. The predicted octanol–water partition coefficient (Wildman–Crippen LogP) is 4.15. The highest BCUT2D eigenvalue weighted by Crippen LogP contribution is 2.34. The molecule has 2 N–H and O–H groups in total. The summed E-state index contributed by atoms with van der Waals surface area (Å²) in [7, 11) is 0. The zero-order valence-corrected chi connectivity index (χ0v) is 16.8. The normalized spacial score (nSPS) is 17.9. The van der Waals surface area contributed by atoms with E-state index in [1.54, 1.807) is 0 Å². The van der Waals surface area contributed by atoms with Crippen LogP contribution in [0.1, 0.15) is 37.3 Å². The Labute approximate surface area is 170 Å². The molecule has 1 aliphatic carbocycles. The smallest absolute Gasteiger partial charge is 0.229 e. The second kappa shape index (κ2) is 7.63. The van der Waals surface area contributed by atoms with Gasteiger partial charge in [0, 0.05) is 55.7 Å². The van der Waals surface area contributed by atoms with E-state index >= 15 is 0 Å². The van der Waals surface area contributed by atoms with Crippen LogP contribution in [0.3, 0.4) is 0 Å². The van der Waals surface area contributed by atoms with Gasteiger partial charge in [0.1, 0.15) is 11.5 Å². The number of halogens is 1. The van der Waals surface area contributed by atoms with E-state index in [0.717, 1.165) is 37.2 Å². The minimum Gasteiger partial charge on any atom is -0.367 e. The molecule has 5 rings (SSSR count). The SMILES string of the molecule is Cc1cn(C2CCCC2)c2nc(Nc3ccc(N4CCNCC4)c(F)c3)ncc12. The number of aromatic nitrogens is 3. The van der Waals surface area contributed by atoms with Crippen molar-refractivity contribution in [1.29, 1.82) is 0 Å². The first-order chi connectivity index (χ1) is 14.2. The van der Waals surface area contributed by atoms with E-state index in [9.17, 15) is 4.39 Å². The number of nitrogens with one attached hydrogen (secondary N) is 2. The van der Waals surface area contributed by atoms with Gasteiger partial charge >= 0.3 is 0 Å². The van der Waals surface area contributed by atoms with E-state index < -0.39 is 0 Å². The summed E-state index contributed by atoms with van der Waals surface area (Å²) in [4.78, 5) is 11.3. The van der Waals surface area contributed by atoms with Crippen LogP contribution in [-0.4, -0.2) is 40.7 Å². The maximum atomic E-state index is 14.7. The van der Waals surface area contributed by atoms with Crippen molar-refractivity contribution in [2.45, 2.75) is 38.6 Å². The van der Waals surface area contributed by atoms with Crippen molar-refractivity contribution in [2.75, 3.05) is 36.4 Å². The molecule has 6 nitrogen and oxygen atoms in total. The molecule has 2 aromatic heterocycles. The molecule has 0 radical (unpaired) electrons. The van der Waals surface area contributed by atoms with E-state index in [4.69, 9.17) is 4.98 Å². The van der Waals surface area contributed by atoms with Crippen LogP contribution in [0.15, 0.2) is 30.6 Å². The number of fused-ring (bicyclic) bond motifs is 1. The Morgan fingerprint density at radius 3 is 2.72 bits per heavy atom. The molecule has 1 saturated carbocycles. The highest BCUT2D eigenvalue weighted by Gasteiger charge is 2.21. The summed E-state index contributed by atoms with van der Waals surface area (Å²) in [6.07, 6.45) is 9.03. The van der Waals surface area contributed by atoms with Gasteiger partial charge in [-0.2, -0.15) is 4.98 Å². The molecular weight excluding hydrogens is 367 g/mol. The van der Waals surface area contributed by atoms with Crippen molar-refractivity contribution in [3.8, 4) is 0 Å². The lowest BCUT2D eigenvalue weighted by molar-refractivity contribution is 0.532. The van der Waals surface area contributed by atoms with E-state index in [0.29, 0.717) is 23.4 Å². The lowest BCUT2D eigenvalue weighted by atomic mass is 10.2. The number of piperazine rings is 1. The Morgan fingerprint density at radius 2 is 1.97 bits per heavy atom.